The average molecular weight is 402 g/mol. The lowest BCUT2D eigenvalue weighted by Crippen LogP contribution is -2.30. The van der Waals surface area contributed by atoms with Gasteiger partial charge in [0.1, 0.15) is 11.5 Å². The largest absolute Gasteiger partial charge is 0.343 e. The number of benzene rings is 1. The summed E-state index contributed by atoms with van der Waals surface area (Å²) in [4.78, 5) is 24.4. The van der Waals surface area contributed by atoms with E-state index in [2.05, 4.69) is 37.9 Å². The Hall–Kier alpha value is -3.02. The van der Waals surface area contributed by atoms with E-state index >= 15 is 0 Å². The van der Waals surface area contributed by atoms with Crippen molar-refractivity contribution in [2.75, 3.05) is 6.54 Å². The van der Waals surface area contributed by atoms with Gasteiger partial charge >= 0.3 is 0 Å². The Kier molecular flexibility index (Phi) is 4.10. The molecular formula is C24H27N5O. The number of hydrogen-bond acceptors (Lipinski definition) is 4. The summed E-state index contributed by atoms with van der Waals surface area (Å²) in [6.45, 7) is 7.17. The number of hydrogen-bond donors (Lipinski definition) is 1. The van der Waals surface area contributed by atoms with Crippen LogP contribution in [-0.2, 0) is 19.0 Å². The van der Waals surface area contributed by atoms with Crippen LogP contribution in [0.1, 0.15) is 72.4 Å². The fourth-order valence-corrected chi connectivity index (χ4v) is 4.24. The maximum absolute atomic E-state index is 13.3. The number of imidazole rings is 1. The Morgan fingerprint density at radius 3 is 2.70 bits per heavy atom. The molecule has 2 aliphatic rings. The summed E-state index contributed by atoms with van der Waals surface area (Å²) in [5.74, 6) is 0.933. The molecule has 1 fully saturated rings. The molecule has 1 saturated carbocycles. The first-order valence-corrected chi connectivity index (χ1v) is 10.5. The van der Waals surface area contributed by atoms with Crippen molar-refractivity contribution in [1.29, 1.82) is 5.41 Å². The van der Waals surface area contributed by atoms with Crippen LogP contribution in [0.3, 0.4) is 0 Å². The van der Waals surface area contributed by atoms with Gasteiger partial charge in [0.2, 0.25) is 0 Å². The van der Waals surface area contributed by atoms with Crippen LogP contribution in [0, 0.1) is 5.41 Å². The van der Waals surface area contributed by atoms with E-state index < -0.39 is 0 Å². The lowest BCUT2D eigenvalue weighted by atomic mass is 9.84. The molecule has 1 aliphatic heterocycles. The number of fused-ring (bicyclic) bond motifs is 2. The van der Waals surface area contributed by atoms with Crippen molar-refractivity contribution in [1.82, 2.24) is 19.4 Å². The summed E-state index contributed by atoms with van der Waals surface area (Å²) < 4.78 is 1.96. The third-order valence-corrected chi connectivity index (χ3v) is 6.19. The summed E-state index contributed by atoms with van der Waals surface area (Å²) in [5, 5.41) is 8.58. The van der Waals surface area contributed by atoms with Crippen molar-refractivity contribution in [2.45, 2.75) is 51.5 Å². The molecule has 1 aromatic carbocycles. The second-order valence-corrected chi connectivity index (χ2v) is 9.64. The minimum absolute atomic E-state index is 0.0172. The lowest BCUT2D eigenvalue weighted by molar-refractivity contribution is 0.0962. The number of pyridine rings is 1. The Morgan fingerprint density at radius 1 is 1.23 bits per heavy atom. The molecule has 1 aliphatic carbocycles. The van der Waals surface area contributed by atoms with Crippen LogP contribution in [-0.4, -0.2) is 37.6 Å². The molecule has 0 radical (unpaired) electrons. The third kappa shape index (κ3) is 3.11. The van der Waals surface area contributed by atoms with E-state index in [-0.39, 0.29) is 17.7 Å². The quantitative estimate of drug-likeness (QED) is 0.666. The number of nitrogens with zero attached hydrogens (tertiary/aromatic N) is 4. The second kappa shape index (κ2) is 6.49. The molecule has 1 N–H and O–H groups in total. The zero-order valence-corrected chi connectivity index (χ0v) is 18.0. The predicted octanol–water partition coefficient (Wildman–Crippen LogP) is 4.17. The molecule has 0 unspecified atom stereocenters. The standard InChI is InChI=1S/C24H27N5O/c1-24(2,3)17-9-16(10-19-22(17)26-13-28(19)4)20(30)12-29-11-15-7-8-18(14-5-6-14)27-21(15)23(29)25/h7-10,13-14,25H,5-6,11-12H2,1-4H3. The average Bonchev–Trinajstić information content (AvgIpc) is 3.42. The van der Waals surface area contributed by atoms with Crippen LogP contribution in [0.4, 0.5) is 0 Å². The first-order valence-electron chi connectivity index (χ1n) is 10.5. The van der Waals surface area contributed by atoms with Crippen molar-refractivity contribution < 1.29 is 4.79 Å². The van der Waals surface area contributed by atoms with Gasteiger partial charge in [-0.2, -0.15) is 0 Å². The van der Waals surface area contributed by atoms with Gasteiger partial charge in [0, 0.05) is 36.3 Å². The molecular weight excluding hydrogens is 374 g/mol. The predicted molar refractivity (Wildman–Crippen MR) is 117 cm³/mol. The molecule has 2 aromatic heterocycles. The number of carbonyl (C=O) groups is 1. The Labute approximate surface area is 176 Å². The fourth-order valence-electron chi connectivity index (χ4n) is 4.24. The molecule has 5 rings (SSSR count). The van der Waals surface area contributed by atoms with Crippen molar-refractivity contribution in [2.24, 2.45) is 7.05 Å². The SMILES string of the molecule is Cn1cnc2c(C(C)(C)C)cc(C(=O)CN3Cc4ccc(C5CC5)nc4C3=N)cc21. The lowest BCUT2D eigenvalue weighted by Gasteiger charge is -2.21. The molecule has 0 amide bonds. The highest BCUT2D eigenvalue weighted by Gasteiger charge is 2.31. The fraction of sp³-hybridized carbons (Fsp3) is 0.417. The maximum Gasteiger partial charge on any atom is 0.182 e. The molecule has 3 aromatic rings. The van der Waals surface area contributed by atoms with Gasteiger partial charge in [-0.1, -0.05) is 26.8 Å². The van der Waals surface area contributed by atoms with Gasteiger partial charge in [-0.15, -0.1) is 0 Å². The van der Waals surface area contributed by atoms with Crippen LogP contribution in [0.25, 0.3) is 11.0 Å². The molecule has 30 heavy (non-hydrogen) atoms. The second-order valence-electron chi connectivity index (χ2n) is 9.64. The highest BCUT2D eigenvalue weighted by Crippen LogP contribution is 2.39. The minimum Gasteiger partial charge on any atom is -0.343 e. The molecule has 6 nitrogen and oxygen atoms in total. The first-order chi connectivity index (χ1) is 14.2. The number of ketones is 1. The number of aromatic nitrogens is 3. The van der Waals surface area contributed by atoms with Gasteiger partial charge < -0.3 is 9.47 Å². The van der Waals surface area contributed by atoms with Crippen LogP contribution >= 0.6 is 0 Å². The minimum atomic E-state index is -0.122. The molecule has 154 valence electrons. The molecule has 3 heterocycles. The van der Waals surface area contributed by atoms with Gasteiger partial charge in [-0.3, -0.25) is 10.2 Å². The number of nitrogens with one attached hydrogen (secondary N) is 1. The molecule has 6 heteroatoms. The van der Waals surface area contributed by atoms with Gasteiger partial charge in [0.25, 0.3) is 0 Å². The molecule has 0 spiro atoms. The van der Waals surface area contributed by atoms with E-state index in [9.17, 15) is 4.79 Å². The normalized spacial score (nSPS) is 16.4. The van der Waals surface area contributed by atoms with Crippen LogP contribution in [0.2, 0.25) is 0 Å². The topological polar surface area (TPSA) is 74.9 Å². The van der Waals surface area contributed by atoms with Crippen molar-refractivity contribution in [3.8, 4) is 0 Å². The van der Waals surface area contributed by atoms with E-state index in [0.717, 1.165) is 33.5 Å². The van der Waals surface area contributed by atoms with Gasteiger partial charge in [0.15, 0.2) is 5.78 Å². The maximum atomic E-state index is 13.3. The number of Topliss-reactive ketones (excluding diaryl/α,β-unsaturated/α-hetero) is 1. The zero-order valence-electron chi connectivity index (χ0n) is 18.0. The Balaban J connectivity index is 1.44. The van der Waals surface area contributed by atoms with Gasteiger partial charge in [-0.25, -0.2) is 9.97 Å². The summed E-state index contributed by atoms with van der Waals surface area (Å²) in [5.41, 5.74) is 6.39. The summed E-state index contributed by atoms with van der Waals surface area (Å²) >= 11 is 0. The highest BCUT2D eigenvalue weighted by molar-refractivity contribution is 6.05. The van der Waals surface area contributed by atoms with E-state index in [1.807, 2.05) is 28.6 Å². The van der Waals surface area contributed by atoms with E-state index in [1.165, 1.54) is 12.8 Å². The third-order valence-electron chi connectivity index (χ3n) is 6.19. The van der Waals surface area contributed by atoms with Crippen LogP contribution in [0.5, 0.6) is 0 Å². The van der Waals surface area contributed by atoms with Gasteiger partial charge in [-0.05, 0) is 42.0 Å². The molecule has 0 saturated heterocycles. The summed E-state index contributed by atoms with van der Waals surface area (Å²) in [7, 11) is 1.95. The number of amidine groups is 1. The zero-order chi connectivity index (χ0) is 21.2. The van der Waals surface area contributed by atoms with Crippen molar-refractivity contribution in [3.63, 3.8) is 0 Å². The number of carbonyl (C=O) groups excluding carboxylic acids is 1. The monoisotopic (exact) mass is 401 g/mol. The van der Waals surface area contributed by atoms with Crippen LogP contribution in [0.15, 0.2) is 30.6 Å². The Morgan fingerprint density at radius 2 is 2.00 bits per heavy atom. The number of aryl methyl sites for hydroxylation is 1. The highest BCUT2D eigenvalue weighted by atomic mass is 16.1. The first kappa shape index (κ1) is 19.0. The van der Waals surface area contributed by atoms with E-state index in [4.69, 9.17) is 10.4 Å². The smallest absolute Gasteiger partial charge is 0.182 e. The van der Waals surface area contributed by atoms with E-state index in [0.29, 0.717) is 23.9 Å². The number of rotatable bonds is 4. The molecule has 0 atom stereocenters. The van der Waals surface area contributed by atoms with Crippen molar-refractivity contribution in [3.05, 3.63) is 58.7 Å². The summed E-state index contributed by atoms with van der Waals surface area (Å²) in [6, 6.07) is 8.07. The van der Waals surface area contributed by atoms with Gasteiger partial charge in [0.05, 0.1) is 23.9 Å². The Bertz CT molecular complexity index is 1200. The van der Waals surface area contributed by atoms with Crippen LogP contribution < -0.4 is 0 Å². The molecule has 0 bridgehead atoms. The summed E-state index contributed by atoms with van der Waals surface area (Å²) in [6.07, 6.45) is 4.17. The van der Waals surface area contributed by atoms with Crippen molar-refractivity contribution >= 4 is 22.7 Å². The van der Waals surface area contributed by atoms with E-state index in [1.54, 1.807) is 6.33 Å².